The molecule has 0 fully saturated rings. The standard InChI is InChI=1S/C13H14N2O/c1-9-6-13(5-4-12(9)8-16)15-11(3)7-10(2)14-15/h4-8H,1-3H3. The Morgan fingerprint density at radius 3 is 2.44 bits per heavy atom. The first kappa shape index (κ1) is 10.6. The van der Waals surface area contributed by atoms with E-state index in [2.05, 4.69) is 5.10 Å². The molecule has 2 aromatic rings. The number of nitrogens with zero attached hydrogens (tertiary/aromatic N) is 2. The molecular formula is C13H14N2O. The number of rotatable bonds is 2. The van der Waals surface area contributed by atoms with Gasteiger partial charge in [-0.05, 0) is 50.6 Å². The first-order chi connectivity index (χ1) is 7.61. The molecule has 2 rings (SSSR count). The van der Waals surface area contributed by atoms with E-state index in [1.165, 1.54) is 0 Å². The third-order valence-corrected chi connectivity index (χ3v) is 2.63. The molecule has 1 aromatic heterocycles. The molecule has 0 aliphatic carbocycles. The van der Waals surface area contributed by atoms with E-state index in [9.17, 15) is 4.79 Å². The molecule has 16 heavy (non-hydrogen) atoms. The largest absolute Gasteiger partial charge is 0.298 e. The Balaban J connectivity index is 2.53. The van der Waals surface area contributed by atoms with Gasteiger partial charge in [0.25, 0.3) is 0 Å². The first-order valence-corrected chi connectivity index (χ1v) is 5.21. The lowest BCUT2D eigenvalue weighted by Gasteiger charge is -2.06. The molecule has 0 aliphatic rings. The normalized spacial score (nSPS) is 10.4. The number of aryl methyl sites for hydroxylation is 3. The van der Waals surface area contributed by atoms with Crippen LogP contribution in [-0.4, -0.2) is 16.1 Å². The maximum absolute atomic E-state index is 10.7. The molecule has 1 heterocycles. The highest BCUT2D eigenvalue weighted by atomic mass is 16.1. The molecule has 0 aliphatic heterocycles. The number of carbonyl (C=O) groups excluding carboxylic acids is 1. The van der Waals surface area contributed by atoms with E-state index in [0.29, 0.717) is 0 Å². The van der Waals surface area contributed by atoms with Crippen LogP contribution in [0, 0.1) is 20.8 Å². The molecule has 0 saturated carbocycles. The fraction of sp³-hybridized carbons (Fsp3) is 0.231. The minimum absolute atomic E-state index is 0.727. The van der Waals surface area contributed by atoms with E-state index in [-0.39, 0.29) is 0 Å². The fourth-order valence-electron chi connectivity index (χ4n) is 1.81. The van der Waals surface area contributed by atoms with Crippen molar-refractivity contribution in [1.82, 2.24) is 9.78 Å². The lowest BCUT2D eigenvalue weighted by Crippen LogP contribution is -2.00. The van der Waals surface area contributed by atoms with Crippen LogP contribution in [0.5, 0.6) is 0 Å². The van der Waals surface area contributed by atoms with Gasteiger partial charge in [-0.3, -0.25) is 4.79 Å². The maximum Gasteiger partial charge on any atom is 0.150 e. The Morgan fingerprint density at radius 2 is 1.94 bits per heavy atom. The van der Waals surface area contributed by atoms with Crippen LogP contribution in [0.1, 0.15) is 27.3 Å². The third-order valence-electron chi connectivity index (χ3n) is 2.63. The van der Waals surface area contributed by atoms with Gasteiger partial charge in [0, 0.05) is 11.3 Å². The second-order valence-electron chi connectivity index (χ2n) is 4.00. The molecule has 0 radical (unpaired) electrons. The van der Waals surface area contributed by atoms with Crippen LogP contribution in [0.15, 0.2) is 24.3 Å². The fourth-order valence-corrected chi connectivity index (χ4v) is 1.81. The summed E-state index contributed by atoms with van der Waals surface area (Å²) in [5.41, 5.74) is 4.78. The van der Waals surface area contributed by atoms with E-state index in [0.717, 1.165) is 34.5 Å². The zero-order valence-electron chi connectivity index (χ0n) is 9.69. The smallest absolute Gasteiger partial charge is 0.150 e. The minimum atomic E-state index is 0.727. The molecule has 0 saturated heterocycles. The Kier molecular flexibility index (Phi) is 2.60. The van der Waals surface area contributed by atoms with Crippen molar-refractivity contribution in [2.45, 2.75) is 20.8 Å². The minimum Gasteiger partial charge on any atom is -0.298 e. The Hall–Kier alpha value is -1.90. The number of benzene rings is 1. The summed E-state index contributed by atoms with van der Waals surface area (Å²) >= 11 is 0. The molecule has 0 amide bonds. The zero-order chi connectivity index (χ0) is 11.7. The van der Waals surface area contributed by atoms with Crippen LogP contribution >= 0.6 is 0 Å². The molecule has 82 valence electrons. The van der Waals surface area contributed by atoms with Crippen LogP contribution in [0.3, 0.4) is 0 Å². The van der Waals surface area contributed by atoms with Crippen molar-refractivity contribution in [1.29, 1.82) is 0 Å². The van der Waals surface area contributed by atoms with Crippen LogP contribution < -0.4 is 0 Å². The summed E-state index contributed by atoms with van der Waals surface area (Å²) in [5.74, 6) is 0. The van der Waals surface area contributed by atoms with Gasteiger partial charge in [-0.1, -0.05) is 0 Å². The van der Waals surface area contributed by atoms with Crippen molar-refractivity contribution < 1.29 is 4.79 Å². The average molecular weight is 214 g/mol. The number of aldehydes is 1. The number of hydrogen-bond donors (Lipinski definition) is 0. The van der Waals surface area contributed by atoms with Crippen LogP contribution in [-0.2, 0) is 0 Å². The summed E-state index contributed by atoms with van der Waals surface area (Å²) in [4.78, 5) is 10.7. The van der Waals surface area contributed by atoms with Gasteiger partial charge in [0.2, 0.25) is 0 Å². The van der Waals surface area contributed by atoms with Gasteiger partial charge in [-0.25, -0.2) is 4.68 Å². The Labute approximate surface area is 94.7 Å². The van der Waals surface area contributed by atoms with Gasteiger partial charge in [-0.15, -0.1) is 0 Å². The van der Waals surface area contributed by atoms with Gasteiger partial charge in [-0.2, -0.15) is 5.10 Å². The van der Waals surface area contributed by atoms with E-state index in [4.69, 9.17) is 0 Å². The number of hydrogen-bond acceptors (Lipinski definition) is 2. The van der Waals surface area contributed by atoms with Crippen LogP contribution in [0.25, 0.3) is 5.69 Å². The lowest BCUT2D eigenvalue weighted by molar-refractivity contribution is 0.112. The number of aromatic nitrogens is 2. The van der Waals surface area contributed by atoms with Crippen LogP contribution in [0.2, 0.25) is 0 Å². The molecule has 1 aromatic carbocycles. The van der Waals surface area contributed by atoms with E-state index >= 15 is 0 Å². The van der Waals surface area contributed by atoms with Gasteiger partial charge in [0.15, 0.2) is 0 Å². The predicted octanol–water partition coefficient (Wildman–Crippen LogP) is 2.61. The molecule has 3 heteroatoms. The van der Waals surface area contributed by atoms with E-state index < -0.39 is 0 Å². The van der Waals surface area contributed by atoms with E-state index in [1.54, 1.807) is 0 Å². The highest BCUT2D eigenvalue weighted by molar-refractivity contribution is 5.77. The second-order valence-corrected chi connectivity index (χ2v) is 4.00. The van der Waals surface area contributed by atoms with Crippen molar-refractivity contribution in [2.24, 2.45) is 0 Å². The summed E-state index contributed by atoms with van der Waals surface area (Å²) in [6.07, 6.45) is 0.875. The van der Waals surface area contributed by atoms with Crippen molar-refractivity contribution in [3.63, 3.8) is 0 Å². The molecular weight excluding hydrogens is 200 g/mol. The highest BCUT2D eigenvalue weighted by Gasteiger charge is 2.05. The molecule has 0 atom stereocenters. The summed E-state index contributed by atoms with van der Waals surface area (Å²) < 4.78 is 1.89. The molecule has 0 N–H and O–H groups in total. The molecule has 3 nitrogen and oxygen atoms in total. The van der Waals surface area contributed by atoms with Crippen molar-refractivity contribution in [2.75, 3.05) is 0 Å². The monoisotopic (exact) mass is 214 g/mol. The van der Waals surface area contributed by atoms with Gasteiger partial charge in [0.1, 0.15) is 6.29 Å². The maximum atomic E-state index is 10.7. The zero-order valence-corrected chi connectivity index (χ0v) is 9.69. The van der Waals surface area contributed by atoms with E-state index in [1.807, 2.05) is 49.7 Å². The Bertz CT molecular complexity index is 541. The predicted molar refractivity (Wildman–Crippen MR) is 63.2 cm³/mol. The quantitative estimate of drug-likeness (QED) is 0.720. The summed E-state index contributed by atoms with van der Waals surface area (Å²) in [6.45, 7) is 5.91. The SMILES string of the molecule is Cc1cc(C)n(-c2ccc(C=O)c(C)c2)n1. The summed E-state index contributed by atoms with van der Waals surface area (Å²) in [6, 6.07) is 7.75. The van der Waals surface area contributed by atoms with Crippen molar-refractivity contribution in [3.8, 4) is 5.69 Å². The van der Waals surface area contributed by atoms with Gasteiger partial charge in [0.05, 0.1) is 11.4 Å². The summed E-state index contributed by atoms with van der Waals surface area (Å²) in [7, 11) is 0. The van der Waals surface area contributed by atoms with Gasteiger partial charge >= 0.3 is 0 Å². The molecule has 0 unspecified atom stereocenters. The average Bonchev–Trinajstić information content (AvgIpc) is 2.58. The third kappa shape index (κ3) is 1.76. The van der Waals surface area contributed by atoms with Crippen molar-refractivity contribution >= 4 is 6.29 Å². The van der Waals surface area contributed by atoms with Gasteiger partial charge < -0.3 is 0 Å². The topological polar surface area (TPSA) is 34.9 Å². The highest BCUT2D eigenvalue weighted by Crippen LogP contribution is 2.15. The molecule has 0 bridgehead atoms. The molecule has 0 spiro atoms. The summed E-state index contributed by atoms with van der Waals surface area (Å²) in [5, 5.41) is 4.41. The Morgan fingerprint density at radius 1 is 1.19 bits per heavy atom. The lowest BCUT2D eigenvalue weighted by atomic mass is 10.1. The van der Waals surface area contributed by atoms with Crippen LogP contribution in [0.4, 0.5) is 0 Å². The van der Waals surface area contributed by atoms with Crippen molar-refractivity contribution in [3.05, 3.63) is 46.8 Å². The number of carbonyl (C=O) groups is 1. The first-order valence-electron chi connectivity index (χ1n) is 5.21. The second kappa shape index (κ2) is 3.93.